The summed E-state index contributed by atoms with van der Waals surface area (Å²) in [5, 5.41) is 12.8. The van der Waals surface area contributed by atoms with Gasteiger partial charge in [-0.15, -0.1) is 0 Å². The van der Waals surface area contributed by atoms with Gasteiger partial charge in [-0.05, 0) is 18.2 Å². The zero-order chi connectivity index (χ0) is 14.5. The number of aliphatic hydroxyl groups is 1. The van der Waals surface area contributed by atoms with Crippen LogP contribution in [0.15, 0.2) is 23.0 Å². The Bertz CT molecular complexity index is 657. The Morgan fingerprint density at radius 1 is 1.50 bits per heavy atom. The van der Waals surface area contributed by atoms with Gasteiger partial charge in [-0.3, -0.25) is 9.36 Å². The summed E-state index contributed by atoms with van der Waals surface area (Å²) in [6, 6.07) is 4.96. The summed E-state index contributed by atoms with van der Waals surface area (Å²) in [5.74, 6) is 0.399. The summed E-state index contributed by atoms with van der Waals surface area (Å²) >= 11 is 5.92. The summed E-state index contributed by atoms with van der Waals surface area (Å²) in [5.41, 5.74) is 0.362. The van der Waals surface area contributed by atoms with Crippen LogP contribution in [0.2, 0.25) is 5.02 Å². The van der Waals surface area contributed by atoms with Crippen molar-refractivity contribution in [2.24, 2.45) is 0 Å². The monoisotopic (exact) mass is 297 g/mol. The van der Waals surface area contributed by atoms with E-state index in [4.69, 9.17) is 21.4 Å². The highest BCUT2D eigenvalue weighted by molar-refractivity contribution is 6.31. The second kappa shape index (κ2) is 6.69. The molecule has 0 fully saturated rings. The van der Waals surface area contributed by atoms with Gasteiger partial charge in [0.25, 0.3) is 5.56 Å². The Labute approximate surface area is 121 Å². The third kappa shape index (κ3) is 3.09. The zero-order valence-electron chi connectivity index (χ0n) is 11.1. The highest BCUT2D eigenvalue weighted by atomic mass is 35.5. The first-order chi connectivity index (χ1) is 9.67. The van der Waals surface area contributed by atoms with Crippen LogP contribution < -0.4 is 10.9 Å². The fourth-order valence-electron chi connectivity index (χ4n) is 1.89. The van der Waals surface area contributed by atoms with Crippen LogP contribution in [-0.4, -0.2) is 41.5 Å². The number of fused-ring (bicyclic) bond motifs is 1. The molecule has 0 amide bonds. The molecule has 0 atom stereocenters. The van der Waals surface area contributed by atoms with Crippen molar-refractivity contribution in [1.29, 1.82) is 0 Å². The lowest BCUT2D eigenvalue weighted by molar-refractivity contribution is 0.186. The number of hydrogen-bond acceptors (Lipinski definition) is 5. The minimum Gasteiger partial charge on any atom is -0.395 e. The number of halogens is 1. The molecule has 0 aliphatic carbocycles. The van der Waals surface area contributed by atoms with Crippen molar-refractivity contribution in [3.63, 3.8) is 0 Å². The summed E-state index contributed by atoms with van der Waals surface area (Å²) in [6.45, 7) is 1.04. The Balaban J connectivity index is 2.56. The third-order valence-corrected chi connectivity index (χ3v) is 3.07. The number of rotatable bonds is 6. The average molecular weight is 298 g/mol. The predicted molar refractivity (Wildman–Crippen MR) is 78.5 cm³/mol. The van der Waals surface area contributed by atoms with Crippen molar-refractivity contribution in [3.8, 4) is 0 Å². The molecule has 0 radical (unpaired) electrons. The van der Waals surface area contributed by atoms with Crippen LogP contribution in [0.3, 0.4) is 0 Å². The molecule has 6 nitrogen and oxygen atoms in total. The van der Waals surface area contributed by atoms with E-state index in [2.05, 4.69) is 10.3 Å². The summed E-state index contributed by atoms with van der Waals surface area (Å²) < 4.78 is 6.50. The maximum absolute atomic E-state index is 12.5. The normalized spacial score (nSPS) is 10.9. The number of hydrogen-bond donors (Lipinski definition) is 2. The maximum Gasteiger partial charge on any atom is 0.262 e. The van der Waals surface area contributed by atoms with Crippen LogP contribution >= 0.6 is 11.6 Å². The largest absolute Gasteiger partial charge is 0.395 e. The zero-order valence-corrected chi connectivity index (χ0v) is 11.9. The van der Waals surface area contributed by atoms with Crippen molar-refractivity contribution in [1.82, 2.24) is 9.55 Å². The fourth-order valence-corrected chi connectivity index (χ4v) is 2.05. The molecule has 20 heavy (non-hydrogen) atoms. The van der Waals surface area contributed by atoms with Crippen LogP contribution in [0.4, 0.5) is 5.95 Å². The molecule has 0 saturated heterocycles. The number of ether oxygens (including phenoxy) is 1. The molecule has 2 aromatic rings. The summed E-state index contributed by atoms with van der Waals surface area (Å²) in [7, 11) is 1.57. The van der Waals surface area contributed by atoms with E-state index < -0.39 is 0 Å². The first kappa shape index (κ1) is 14.8. The number of aromatic nitrogens is 2. The van der Waals surface area contributed by atoms with E-state index in [-0.39, 0.29) is 12.2 Å². The van der Waals surface area contributed by atoms with Gasteiger partial charge in [-0.2, -0.15) is 0 Å². The molecule has 108 valence electrons. The topological polar surface area (TPSA) is 76.4 Å². The Morgan fingerprint density at radius 3 is 3.00 bits per heavy atom. The van der Waals surface area contributed by atoms with Crippen molar-refractivity contribution >= 4 is 28.5 Å². The second-order valence-electron chi connectivity index (χ2n) is 4.20. The molecule has 0 aliphatic heterocycles. The van der Waals surface area contributed by atoms with Gasteiger partial charge in [0.05, 0.1) is 30.7 Å². The van der Waals surface area contributed by atoms with Crippen molar-refractivity contribution in [2.45, 2.75) is 6.54 Å². The SMILES string of the molecule is COCCn1c(NCCO)nc2cc(Cl)ccc2c1=O. The fraction of sp³-hybridized carbons (Fsp3) is 0.385. The van der Waals surface area contributed by atoms with Gasteiger partial charge >= 0.3 is 0 Å². The number of nitrogens with one attached hydrogen (secondary N) is 1. The van der Waals surface area contributed by atoms with Gasteiger partial charge < -0.3 is 15.2 Å². The molecular weight excluding hydrogens is 282 g/mol. The molecule has 1 aromatic carbocycles. The molecule has 1 aromatic heterocycles. The molecule has 0 spiro atoms. The van der Waals surface area contributed by atoms with Crippen molar-refractivity contribution < 1.29 is 9.84 Å². The standard InChI is InChI=1S/C13H16ClN3O3/c1-20-7-5-17-12(19)10-3-2-9(14)8-11(10)16-13(17)15-4-6-18/h2-3,8,18H,4-7H2,1H3,(H,15,16). The van der Waals surface area contributed by atoms with E-state index in [9.17, 15) is 4.79 Å². The van der Waals surface area contributed by atoms with E-state index in [1.54, 1.807) is 25.3 Å². The predicted octanol–water partition coefficient (Wildman–Crippen LogP) is 1.10. The van der Waals surface area contributed by atoms with E-state index in [0.29, 0.717) is 41.6 Å². The van der Waals surface area contributed by atoms with E-state index >= 15 is 0 Å². The molecule has 0 bridgehead atoms. The maximum atomic E-state index is 12.5. The Hall–Kier alpha value is -1.63. The quantitative estimate of drug-likeness (QED) is 0.835. The minimum absolute atomic E-state index is 0.0479. The number of nitrogens with zero attached hydrogens (tertiary/aromatic N) is 2. The van der Waals surface area contributed by atoms with Gasteiger partial charge in [0.15, 0.2) is 0 Å². The molecular formula is C13H16ClN3O3. The average Bonchev–Trinajstić information content (AvgIpc) is 2.44. The molecule has 0 aliphatic rings. The van der Waals surface area contributed by atoms with Crippen LogP contribution in [-0.2, 0) is 11.3 Å². The van der Waals surface area contributed by atoms with Gasteiger partial charge in [0.2, 0.25) is 5.95 Å². The van der Waals surface area contributed by atoms with Gasteiger partial charge in [0.1, 0.15) is 0 Å². The molecule has 0 unspecified atom stereocenters. The molecule has 7 heteroatoms. The number of anilines is 1. The minimum atomic E-state index is -0.163. The third-order valence-electron chi connectivity index (χ3n) is 2.83. The van der Waals surface area contributed by atoms with E-state index in [1.165, 1.54) is 4.57 Å². The first-order valence-corrected chi connectivity index (χ1v) is 6.59. The number of aliphatic hydroxyl groups excluding tert-OH is 1. The van der Waals surface area contributed by atoms with Gasteiger partial charge in [0, 0.05) is 18.7 Å². The van der Waals surface area contributed by atoms with Gasteiger partial charge in [-0.1, -0.05) is 11.6 Å². The highest BCUT2D eigenvalue weighted by Gasteiger charge is 2.10. The van der Waals surface area contributed by atoms with Crippen LogP contribution in [0.25, 0.3) is 10.9 Å². The Kier molecular flexibility index (Phi) is 4.94. The second-order valence-corrected chi connectivity index (χ2v) is 4.63. The summed E-state index contributed by atoms with van der Waals surface area (Å²) in [6.07, 6.45) is 0. The van der Waals surface area contributed by atoms with Crippen LogP contribution in [0.5, 0.6) is 0 Å². The first-order valence-electron chi connectivity index (χ1n) is 6.21. The van der Waals surface area contributed by atoms with E-state index in [1.807, 2.05) is 0 Å². The number of benzene rings is 1. The number of methoxy groups -OCH3 is 1. The molecule has 1 heterocycles. The lowest BCUT2D eigenvalue weighted by Crippen LogP contribution is -2.27. The van der Waals surface area contributed by atoms with Crippen LogP contribution in [0.1, 0.15) is 0 Å². The lowest BCUT2D eigenvalue weighted by atomic mass is 10.2. The molecule has 2 rings (SSSR count). The highest BCUT2D eigenvalue weighted by Crippen LogP contribution is 2.16. The van der Waals surface area contributed by atoms with Crippen LogP contribution in [0, 0.1) is 0 Å². The van der Waals surface area contributed by atoms with Crippen molar-refractivity contribution in [3.05, 3.63) is 33.6 Å². The van der Waals surface area contributed by atoms with E-state index in [0.717, 1.165) is 0 Å². The van der Waals surface area contributed by atoms with Gasteiger partial charge in [-0.25, -0.2) is 4.98 Å². The smallest absolute Gasteiger partial charge is 0.262 e. The van der Waals surface area contributed by atoms with Crippen molar-refractivity contribution in [2.75, 3.05) is 32.2 Å². The lowest BCUT2D eigenvalue weighted by Gasteiger charge is -2.14. The molecule has 2 N–H and O–H groups in total. The molecule has 0 saturated carbocycles. The summed E-state index contributed by atoms with van der Waals surface area (Å²) in [4.78, 5) is 16.8. The Morgan fingerprint density at radius 2 is 2.30 bits per heavy atom.